The molecule has 0 radical (unpaired) electrons. The molecule has 2 amide bonds. The smallest absolute Gasteiger partial charge is 0.274 e. The number of carbonyl (C=O) groups is 2. The standard InChI is InChI=1S/C20H19N5O2/c21-9-15-3-1-2-4-17(15)19(26)25-12-14-5-6-16(25)13-24(11-14)20(27)18-10-22-7-8-23-18/h1-4,7-8,10,14,16H,5-6,11-13H2/t14-,16+/m0/s1. The second kappa shape index (κ2) is 7.16. The number of nitrogens with zero attached hydrogens (tertiary/aromatic N) is 5. The molecule has 3 fully saturated rings. The number of benzene rings is 1. The van der Waals surface area contributed by atoms with E-state index in [-0.39, 0.29) is 23.8 Å². The Morgan fingerprint density at radius 1 is 1.07 bits per heavy atom. The summed E-state index contributed by atoms with van der Waals surface area (Å²) in [5, 5.41) is 9.31. The number of carbonyl (C=O) groups excluding carboxylic acids is 2. The van der Waals surface area contributed by atoms with Gasteiger partial charge in [0.25, 0.3) is 11.8 Å². The van der Waals surface area contributed by atoms with Gasteiger partial charge in [-0.25, -0.2) is 4.98 Å². The first-order valence-corrected chi connectivity index (χ1v) is 9.02. The van der Waals surface area contributed by atoms with Gasteiger partial charge < -0.3 is 9.80 Å². The van der Waals surface area contributed by atoms with Gasteiger partial charge in [0.1, 0.15) is 5.69 Å². The van der Waals surface area contributed by atoms with Gasteiger partial charge in [-0.2, -0.15) is 5.26 Å². The number of hydrogen-bond donors (Lipinski definition) is 0. The zero-order valence-electron chi connectivity index (χ0n) is 14.8. The minimum absolute atomic E-state index is 0.0522. The van der Waals surface area contributed by atoms with E-state index in [1.807, 2.05) is 4.90 Å². The third-order valence-electron chi connectivity index (χ3n) is 5.32. The summed E-state index contributed by atoms with van der Waals surface area (Å²) in [5.74, 6) is -0.0510. The van der Waals surface area contributed by atoms with E-state index in [1.54, 1.807) is 29.2 Å². The minimum Gasteiger partial charge on any atom is -0.335 e. The molecular weight excluding hydrogens is 342 g/mol. The quantitative estimate of drug-likeness (QED) is 0.812. The lowest BCUT2D eigenvalue weighted by Gasteiger charge is -2.36. The maximum absolute atomic E-state index is 13.1. The SMILES string of the molecule is N#Cc1ccccc1C(=O)N1C[C@H]2CC[C@@H]1CN(C(=O)c1cnccn1)C2. The molecule has 2 atom stereocenters. The summed E-state index contributed by atoms with van der Waals surface area (Å²) in [6, 6.07) is 8.93. The van der Waals surface area contributed by atoms with Crippen LogP contribution in [0.2, 0.25) is 0 Å². The maximum atomic E-state index is 13.1. The molecule has 136 valence electrons. The van der Waals surface area contributed by atoms with E-state index < -0.39 is 0 Å². The number of amides is 2. The van der Waals surface area contributed by atoms with Crippen LogP contribution in [0.3, 0.4) is 0 Å². The number of aromatic nitrogens is 2. The molecule has 0 N–H and O–H groups in total. The van der Waals surface area contributed by atoms with E-state index in [9.17, 15) is 14.9 Å². The van der Waals surface area contributed by atoms with Crippen molar-refractivity contribution in [3.63, 3.8) is 0 Å². The predicted molar refractivity (Wildman–Crippen MR) is 96.6 cm³/mol. The highest BCUT2D eigenvalue weighted by Gasteiger charge is 2.39. The average Bonchev–Trinajstić information content (AvgIpc) is 3.05. The lowest BCUT2D eigenvalue weighted by atomic mass is 9.94. The lowest BCUT2D eigenvalue weighted by Crippen LogP contribution is -2.48. The number of rotatable bonds is 2. The normalized spacial score (nSPS) is 21.4. The van der Waals surface area contributed by atoms with Crippen molar-refractivity contribution in [3.8, 4) is 6.07 Å². The second-order valence-electron chi connectivity index (χ2n) is 7.01. The molecule has 0 saturated carbocycles. The van der Waals surface area contributed by atoms with Crippen molar-refractivity contribution in [3.05, 3.63) is 59.7 Å². The Hall–Kier alpha value is -3.27. The lowest BCUT2D eigenvalue weighted by molar-refractivity contribution is 0.0573. The Morgan fingerprint density at radius 3 is 2.70 bits per heavy atom. The topological polar surface area (TPSA) is 90.2 Å². The Bertz CT molecular complexity index is 908. The second-order valence-corrected chi connectivity index (χ2v) is 7.01. The maximum Gasteiger partial charge on any atom is 0.274 e. The molecule has 3 saturated heterocycles. The van der Waals surface area contributed by atoms with Crippen LogP contribution < -0.4 is 0 Å². The Labute approximate surface area is 157 Å². The number of hydrogen-bond acceptors (Lipinski definition) is 5. The van der Waals surface area contributed by atoms with Crippen LogP contribution in [0.5, 0.6) is 0 Å². The van der Waals surface area contributed by atoms with Crippen LogP contribution in [0.1, 0.15) is 39.3 Å². The number of nitriles is 1. The van der Waals surface area contributed by atoms with Crippen LogP contribution in [-0.2, 0) is 0 Å². The van der Waals surface area contributed by atoms with Crippen LogP contribution in [-0.4, -0.2) is 57.3 Å². The van der Waals surface area contributed by atoms with Gasteiger partial charge in [-0.1, -0.05) is 12.1 Å². The van der Waals surface area contributed by atoms with Gasteiger partial charge in [0.15, 0.2) is 0 Å². The van der Waals surface area contributed by atoms with E-state index in [4.69, 9.17) is 0 Å². The first-order chi connectivity index (χ1) is 13.2. The summed E-state index contributed by atoms with van der Waals surface area (Å²) in [4.78, 5) is 37.6. The van der Waals surface area contributed by atoms with Crippen molar-refractivity contribution in [2.45, 2.75) is 18.9 Å². The molecule has 7 heteroatoms. The van der Waals surface area contributed by atoms with Gasteiger partial charge in [-0.15, -0.1) is 0 Å². The summed E-state index contributed by atoms with van der Waals surface area (Å²) in [6.45, 7) is 1.69. The van der Waals surface area contributed by atoms with Gasteiger partial charge in [0, 0.05) is 38.1 Å². The minimum atomic E-state index is -0.147. The molecule has 0 spiro atoms. The molecule has 7 nitrogen and oxygen atoms in total. The van der Waals surface area contributed by atoms with Gasteiger partial charge in [0.2, 0.25) is 0 Å². The highest BCUT2D eigenvalue weighted by molar-refractivity contribution is 5.97. The summed E-state index contributed by atoms with van der Waals surface area (Å²) in [5.41, 5.74) is 1.14. The van der Waals surface area contributed by atoms with Gasteiger partial charge in [-0.05, 0) is 30.9 Å². The van der Waals surface area contributed by atoms with Crippen LogP contribution in [0.4, 0.5) is 0 Å². The van der Waals surface area contributed by atoms with E-state index >= 15 is 0 Å². The molecule has 2 bridgehead atoms. The fourth-order valence-corrected chi connectivity index (χ4v) is 3.99. The largest absolute Gasteiger partial charge is 0.335 e. The van der Waals surface area contributed by atoms with Crippen LogP contribution >= 0.6 is 0 Å². The number of piperidine rings is 1. The molecule has 4 heterocycles. The molecule has 1 aromatic carbocycles. The first kappa shape index (κ1) is 17.2. The molecule has 3 aliphatic rings. The summed E-state index contributed by atoms with van der Waals surface area (Å²) in [6.07, 6.45) is 6.36. The Balaban J connectivity index is 1.58. The summed E-state index contributed by atoms with van der Waals surface area (Å²) in [7, 11) is 0. The fourth-order valence-electron chi connectivity index (χ4n) is 3.99. The molecule has 2 aromatic rings. The van der Waals surface area contributed by atoms with Crippen LogP contribution in [0, 0.1) is 17.2 Å². The monoisotopic (exact) mass is 361 g/mol. The van der Waals surface area contributed by atoms with Crippen molar-refractivity contribution in [2.24, 2.45) is 5.92 Å². The summed E-state index contributed by atoms with van der Waals surface area (Å²) < 4.78 is 0. The average molecular weight is 361 g/mol. The number of fused-ring (bicyclic) bond motifs is 4. The van der Waals surface area contributed by atoms with Crippen LogP contribution in [0.15, 0.2) is 42.9 Å². The molecule has 27 heavy (non-hydrogen) atoms. The molecule has 1 aromatic heterocycles. The van der Waals surface area contributed by atoms with Crippen molar-refractivity contribution in [1.82, 2.24) is 19.8 Å². The zero-order valence-corrected chi connectivity index (χ0v) is 14.8. The van der Waals surface area contributed by atoms with E-state index in [0.717, 1.165) is 12.8 Å². The van der Waals surface area contributed by atoms with E-state index in [2.05, 4.69) is 16.0 Å². The van der Waals surface area contributed by atoms with Gasteiger partial charge in [0.05, 0.1) is 23.4 Å². The van der Waals surface area contributed by atoms with Crippen molar-refractivity contribution in [2.75, 3.05) is 19.6 Å². The van der Waals surface area contributed by atoms with E-state index in [1.165, 1.54) is 18.6 Å². The first-order valence-electron chi connectivity index (χ1n) is 9.02. The molecule has 3 aliphatic heterocycles. The molecular formula is C20H19N5O2. The third-order valence-corrected chi connectivity index (χ3v) is 5.32. The molecule has 0 unspecified atom stereocenters. The molecule has 0 aliphatic carbocycles. The fraction of sp³-hybridized carbons (Fsp3) is 0.350. The highest BCUT2D eigenvalue weighted by Crippen LogP contribution is 2.30. The molecule has 5 rings (SSSR count). The van der Waals surface area contributed by atoms with Crippen molar-refractivity contribution in [1.29, 1.82) is 5.26 Å². The Kier molecular flexibility index (Phi) is 4.55. The zero-order chi connectivity index (χ0) is 18.8. The van der Waals surface area contributed by atoms with E-state index in [0.29, 0.717) is 36.5 Å². The summed E-state index contributed by atoms with van der Waals surface area (Å²) >= 11 is 0. The van der Waals surface area contributed by atoms with Crippen molar-refractivity contribution < 1.29 is 9.59 Å². The Morgan fingerprint density at radius 2 is 1.93 bits per heavy atom. The third kappa shape index (κ3) is 3.26. The van der Waals surface area contributed by atoms with Gasteiger partial charge in [-0.3, -0.25) is 14.6 Å². The van der Waals surface area contributed by atoms with Crippen LogP contribution in [0.25, 0.3) is 0 Å². The predicted octanol–water partition coefficient (Wildman–Crippen LogP) is 1.73. The highest BCUT2D eigenvalue weighted by atomic mass is 16.2. The van der Waals surface area contributed by atoms with Crippen molar-refractivity contribution >= 4 is 11.8 Å². The van der Waals surface area contributed by atoms with Gasteiger partial charge >= 0.3 is 0 Å².